The van der Waals surface area contributed by atoms with Crippen LogP contribution >= 0.6 is 0 Å². The molecule has 4 aliphatic heterocycles. The van der Waals surface area contributed by atoms with Gasteiger partial charge in [0.2, 0.25) is 11.8 Å². The SMILES string of the molecule is CNc1cc(=O)n(-c2ccnc3c2cc([C@H](C)N2CC=C(c4c(C)cc(C(=O)N5CCC(CN6CCN(Cc7ccc8c(c7)n(C7CC7)c(=O)n8C7CCC(=O)NC7=O)C[C@@H]6C)CC5)cc4F)CC2)n3C)cc1OC. The Labute approximate surface area is 435 Å². The summed E-state index contributed by atoms with van der Waals surface area (Å²) in [5, 5.41) is 6.29. The van der Waals surface area contributed by atoms with Gasteiger partial charge in [-0.2, -0.15) is 0 Å². The van der Waals surface area contributed by atoms with Crippen molar-refractivity contribution in [1.29, 1.82) is 0 Å². The van der Waals surface area contributed by atoms with E-state index in [4.69, 9.17) is 4.74 Å². The van der Waals surface area contributed by atoms with Crippen molar-refractivity contribution >= 4 is 51.0 Å². The van der Waals surface area contributed by atoms with Gasteiger partial charge in [0.15, 0.2) is 5.75 Å². The number of piperidine rings is 2. The van der Waals surface area contributed by atoms with Crippen molar-refractivity contribution in [2.24, 2.45) is 13.0 Å². The second kappa shape index (κ2) is 20.3. The fourth-order valence-corrected chi connectivity index (χ4v) is 12.5. The molecule has 0 radical (unpaired) electrons. The van der Waals surface area contributed by atoms with Gasteiger partial charge in [0, 0.05) is 132 Å². The lowest BCUT2D eigenvalue weighted by atomic mass is 9.92. The predicted molar refractivity (Wildman–Crippen MR) is 287 cm³/mol. The number of rotatable bonds is 13. The minimum Gasteiger partial charge on any atom is -0.493 e. The van der Waals surface area contributed by atoms with Crippen LogP contribution in [-0.4, -0.2) is 133 Å². The van der Waals surface area contributed by atoms with Crippen molar-refractivity contribution in [2.75, 3.05) is 71.8 Å². The van der Waals surface area contributed by atoms with Gasteiger partial charge in [-0.3, -0.25) is 52.9 Å². The van der Waals surface area contributed by atoms with Gasteiger partial charge in [0.25, 0.3) is 11.5 Å². The molecule has 3 amide bonds. The minimum atomic E-state index is -0.692. The molecule has 6 aromatic rings. The normalized spacial score (nSPS) is 20.9. The summed E-state index contributed by atoms with van der Waals surface area (Å²) in [7, 11) is 5.32. The summed E-state index contributed by atoms with van der Waals surface area (Å²) in [5.41, 5.74) is 8.20. The van der Waals surface area contributed by atoms with Crippen LogP contribution in [0.5, 0.6) is 5.75 Å². The average Bonchev–Trinajstić information content (AvgIpc) is 4.12. The summed E-state index contributed by atoms with van der Waals surface area (Å²) in [6.45, 7) is 13.5. The molecule has 8 heterocycles. The first-order valence-corrected chi connectivity index (χ1v) is 26.7. The lowest BCUT2D eigenvalue weighted by Crippen LogP contribution is -2.53. The molecule has 3 saturated heterocycles. The molecule has 1 aliphatic carbocycles. The van der Waals surface area contributed by atoms with E-state index in [0.29, 0.717) is 79.2 Å². The summed E-state index contributed by atoms with van der Waals surface area (Å²) in [4.78, 5) is 79.7. The number of aromatic nitrogens is 5. The highest BCUT2D eigenvalue weighted by Crippen LogP contribution is 2.39. The molecular formula is C57H68FN11O6. The zero-order valence-corrected chi connectivity index (χ0v) is 43.9. The largest absolute Gasteiger partial charge is 0.493 e. The molecular weight excluding hydrogens is 954 g/mol. The van der Waals surface area contributed by atoms with E-state index in [1.807, 2.05) is 41.6 Å². The van der Waals surface area contributed by atoms with E-state index in [1.54, 1.807) is 35.7 Å². The van der Waals surface area contributed by atoms with E-state index < -0.39 is 11.9 Å². The molecule has 1 saturated carbocycles. The molecule has 4 fully saturated rings. The van der Waals surface area contributed by atoms with Gasteiger partial charge in [0.1, 0.15) is 17.5 Å². The van der Waals surface area contributed by atoms with Crippen molar-refractivity contribution < 1.29 is 23.5 Å². The smallest absolute Gasteiger partial charge is 0.330 e. The maximum Gasteiger partial charge on any atom is 0.330 e. The monoisotopic (exact) mass is 1020 g/mol. The number of hydrogen-bond acceptors (Lipinski definition) is 11. The molecule has 18 heteroatoms. The summed E-state index contributed by atoms with van der Waals surface area (Å²) in [6.07, 6.45) is 10.4. The third-order valence-electron chi connectivity index (χ3n) is 16.8. The number of anilines is 1. The number of amides is 3. The van der Waals surface area contributed by atoms with Gasteiger partial charge in [0.05, 0.1) is 35.7 Å². The van der Waals surface area contributed by atoms with Crippen LogP contribution in [0.15, 0.2) is 76.6 Å². The first kappa shape index (κ1) is 50.3. The number of carbonyl (C=O) groups excluding carboxylic acids is 3. The fourth-order valence-electron chi connectivity index (χ4n) is 12.5. The number of halogens is 1. The number of methoxy groups -OCH3 is 1. The molecule has 75 heavy (non-hydrogen) atoms. The van der Waals surface area contributed by atoms with Crippen molar-refractivity contribution in [2.45, 2.75) is 96.4 Å². The van der Waals surface area contributed by atoms with Gasteiger partial charge in [-0.1, -0.05) is 12.1 Å². The van der Waals surface area contributed by atoms with Gasteiger partial charge in [-0.15, -0.1) is 0 Å². The number of likely N-dealkylation sites (tertiary alicyclic amines) is 1. The van der Waals surface area contributed by atoms with Gasteiger partial charge in [-0.25, -0.2) is 14.2 Å². The van der Waals surface area contributed by atoms with Crippen molar-refractivity contribution in [3.05, 3.63) is 122 Å². The summed E-state index contributed by atoms with van der Waals surface area (Å²) >= 11 is 0. The second-order valence-corrected chi connectivity index (χ2v) is 21.6. The van der Waals surface area contributed by atoms with Crippen molar-refractivity contribution in [3.63, 3.8) is 0 Å². The Balaban J connectivity index is 0.682. The van der Waals surface area contributed by atoms with E-state index in [1.165, 1.54) is 12.1 Å². The minimum absolute atomic E-state index is 0.00234. The number of aryl methyl sites for hydroxylation is 2. The molecule has 4 aromatic heterocycles. The summed E-state index contributed by atoms with van der Waals surface area (Å²) in [5.74, 6) is -0.169. The quantitative estimate of drug-likeness (QED) is 0.121. The lowest BCUT2D eigenvalue weighted by Gasteiger charge is -2.42. The maximum absolute atomic E-state index is 16.2. The molecule has 3 atom stereocenters. The molecule has 5 aliphatic rings. The van der Waals surface area contributed by atoms with E-state index >= 15 is 4.39 Å². The van der Waals surface area contributed by atoms with Crippen LogP contribution in [0.2, 0.25) is 0 Å². The second-order valence-electron chi connectivity index (χ2n) is 21.6. The summed E-state index contributed by atoms with van der Waals surface area (Å²) < 4.78 is 28.9. The number of carbonyl (C=O) groups is 3. The Hall–Kier alpha value is -6.89. The number of nitrogens with zero attached hydrogens (tertiary/aromatic N) is 9. The van der Waals surface area contributed by atoms with Crippen LogP contribution in [-0.2, 0) is 23.2 Å². The zero-order chi connectivity index (χ0) is 52.4. The average molecular weight is 1020 g/mol. The van der Waals surface area contributed by atoms with E-state index in [9.17, 15) is 24.0 Å². The van der Waals surface area contributed by atoms with Crippen LogP contribution in [0.3, 0.4) is 0 Å². The van der Waals surface area contributed by atoms with Gasteiger partial charge in [-0.05, 0) is 118 Å². The molecule has 17 nitrogen and oxygen atoms in total. The molecule has 2 N–H and O–H groups in total. The van der Waals surface area contributed by atoms with E-state index in [2.05, 4.69) is 73.0 Å². The highest BCUT2D eigenvalue weighted by atomic mass is 19.1. The Bertz CT molecular complexity index is 3370. The lowest BCUT2D eigenvalue weighted by molar-refractivity contribution is -0.135. The van der Waals surface area contributed by atoms with Crippen molar-refractivity contribution in [3.8, 4) is 11.4 Å². The molecule has 1 unspecified atom stereocenters. The first-order chi connectivity index (χ1) is 36.2. The van der Waals surface area contributed by atoms with Crippen LogP contribution in [0.4, 0.5) is 10.1 Å². The molecule has 394 valence electrons. The Kier molecular flexibility index (Phi) is 13.6. The number of fused-ring (bicyclic) bond motifs is 2. The summed E-state index contributed by atoms with van der Waals surface area (Å²) in [6, 6.07) is 14.7. The first-order valence-electron chi connectivity index (χ1n) is 26.7. The third-order valence-corrected chi connectivity index (χ3v) is 16.8. The number of imidazole rings is 1. The molecule has 0 bridgehead atoms. The maximum atomic E-state index is 16.2. The third kappa shape index (κ3) is 9.49. The molecule has 2 aromatic carbocycles. The number of pyridine rings is 2. The number of imide groups is 1. The predicted octanol–water partition coefficient (Wildman–Crippen LogP) is 6.56. The van der Waals surface area contributed by atoms with Gasteiger partial charge >= 0.3 is 5.69 Å². The molecule has 11 rings (SSSR count). The topological polar surface area (TPSA) is 164 Å². The van der Waals surface area contributed by atoms with Crippen LogP contribution in [0.1, 0.15) is 110 Å². The highest BCUT2D eigenvalue weighted by Gasteiger charge is 2.36. The standard InChI is InChI=1S/C57H68FN11O6/c1-34-25-40(27-43(58)53(34)39-16-21-64(22-17-39)36(3)48-28-42-45(13-18-60-54(42)62(48)5)67-33-50(75-6)44(59-4)29-52(67)71)56(73)65-19-14-37(15-20-65)32-66-24-23-63(30-35(66)2)31-38-7-10-46-49(26-38)68(41-8-9-41)57(74)69(46)47-11-12-51(70)61-55(47)72/h7,10,13,16,18,25-29,33,35-37,41,47,59H,8-9,11-12,14-15,17,19-24,30-32H2,1-6H3,(H,61,70,72)/t35-,36-,47?/m0/s1. The number of piperazine rings is 1. The fraction of sp³-hybridized carbons (Fsp3) is 0.474. The molecule has 0 spiro atoms. The van der Waals surface area contributed by atoms with Crippen LogP contribution in [0.25, 0.3) is 33.3 Å². The van der Waals surface area contributed by atoms with E-state index in [0.717, 1.165) is 103 Å². The number of benzene rings is 2. The number of nitrogens with one attached hydrogen (secondary N) is 2. The number of hydrogen-bond donors (Lipinski definition) is 2. The Morgan fingerprint density at radius 3 is 2.43 bits per heavy atom. The zero-order valence-electron chi connectivity index (χ0n) is 43.9. The Morgan fingerprint density at radius 1 is 0.933 bits per heavy atom. The van der Waals surface area contributed by atoms with Crippen LogP contribution < -0.4 is 26.6 Å². The van der Waals surface area contributed by atoms with E-state index in [-0.39, 0.29) is 47.4 Å². The van der Waals surface area contributed by atoms with Crippen LogP contribution in [0, 0.1) is 18.7 Å². The van der Waals surface area contributed by atoms with Gasteiger partial charge < -0.3 is 19.5 Å². The van der Waals surface area contributed by atoms with Crippen molar-refractivity contribution in [1.82, 2.24) is 48.2 Å². The number of ether oxygens (including phenoxy) is 1. The highest BCUT2D eigenvalue weighted by molar-refractivity contribution is 6.00. The Morgan fingerprint density at radius 2 is 1.73 bits per heavy atom.